The lowest BCUT2D eigenvalue weighted by Gasteiger charge is -2.23. The molecule has 47 heavy (non-hydrogen) atoms. The highest BCUT2D eigenvalue weighted by Gasteiger charge is 2.23. The highest BCUT2D eigenvalue weighted by Crippen LogP contribution is 2.39. The monoisotopic (exact) mass is 610 g/mol. The first-order valence-corrected chi connectivity index (χ1v) is 16.2. The van der Waals surface area contributed by atoms with E-state index in [1.54, 1.807) is 6.07 Å². The van der Waals surface area contributed by atoms with Crippen LogP contribution in [-0.4, -0.2) is 14.5 Å². The van der Waals surface area contributed by atoms with Gasteiger partial charge in [0, 0.05) is 10.8 Å². The molecule has 0 aliphatic rings. The molecule has 0 saturated carbocycles. The number of para-hydroxylation sites is 3. The van der Waals surface area contributed by atoms with Crippen molar-refractivity contribution in [3.8, 4) is 28.6 Å². The Morgan fingerprint density at radius 2 is 1.45 bits per heavy atom. The second kappa shape index (κ2) is 11.3. The van der Waals surface area contributed by atoms with Crippen LogP contribution in [0.2, 0.25) is 0 Å². The third-order valence-corrected chi connectivity index (χ3v) is 9.34. The molecule has 0 aliphatic heterocycles. The largest absolute Gasteiger partial charge is 0.437 e. The maximum atomic E-state index is 9.44. The van der Waals surface area contributed by atoms with E-state index in [1.807, 2.05) is 24.3 Å². The Labute approximate surface area is 273 Å². The van der Waals surface area contributed by atoms with Crippen LogP contribution in [0.4, 0.5) is 0 Å². The van der Waals surface area contributed by atoms with E-state index in [0.29, 0.717) is 29.8 Å². The number of hydrogen-bond donors (Lipinski definition) is 0. The lowest BCUT2D eigenvalue weighted by atomic mass is 9.85. The number of imidazole rings is 1. The van der Waals surface area contributed by atoms with E-state index in [1.165, 1.54) is 38.6 Å². The minimum Gasteiger partial charge on any atom is -0.437 e. The zero-order chi connectivity index (χ0) is 32.2. The first-order valence-electron chi connectivity index (χ1n) is 16.2. The molecular formula is C42H34N4O. The van der Waals surface area contributed by atoms with Crippen LogP contribution in [0.1, 0.15) is 61.9 Å². The molecule has 3 aromatic heterocycles. The molecule has 3 heterocycles. The molecule has 0 bridgehead atoms. The van der Waals surface area contributed by atoms with Crippen LogP contribution in [0.3, 0.4) is 0 Å². The number of pyridine rings is 1. The number of nitriles is 1. The minimum atomic E-state index is 0.320. The van der Waals surface area contributed by atoms with Gasteiger partial charge in [0.15, 0.2) is 0 Å². The van der Waals surface area contributed by atoms with Gasteiger partial charge in [0.1, 0.15) is 23.2 Å². The number of furan rings is 1. The van der Waals surface area contributed by atoms with E-state index >= 15 is 0 Å². The molecule has 0 saturated heterocycles. The van der Waals surface area contributed by atoms with Gasteiger partial charge in [-0.1, -0.05) is 100 Å². The van der Waals surface area contributed by atoms with Crippen molar-refractivity contribution in [1.82, 2.24) is 14.5 Å². The predicted molar refractivity (Wildman–Crippen MR) is 192 cm³/mol. The molecule has 0 atom stereocenters. The SMILES string of the molecule is CC(C)c1cc(-c2ccc3ccccc3c2)cc(C(C)C)c1Cn1c(-c2cccc3c2oc2nc(C#N)ccc23)nc2ccccc21. The second-order valence-electron chi connectivity index (χ2n) is 13.0. The molecular weight excluding hydrogens is 576 g/mol. The van der Waals surface area contributed by atoms with Crippen LogP contribution in [0.5, 0.6) is 0 Å². The molecule has 8 rings (SSSR count). The average molecular weight is 611 g/mol. The summed E-state index contributed by atoms with van der Waals surface area (Å²) in [4.78, 5) is 9.66. The first-order chi connectivity index (χ1) is 22.9. The van der Waals surface area contributed by atoms with Crippen LogP contribution in [0, 0.1) is 11.3 Å². The van der Waals surface area contributed by atoms with Crippen molar-refractivity contribution in [3.63, 3.8) is 0 Å². The van der Waals surface area contributed by atoms with E-state index in [0.717, 1.165) is 38.8 Å². The van der Waals surface area contributed by atoms with Gasteiger partial charge in [0.2, 0.25) is 5.71 Å². The zero-order valence-electron chi connectivity index (χ0n) is 27.0. The van der Waals surface area contributed by atoms with Crippen LogP contribution in [0.25, 0.3) is 66.4 Å². The highest BCUT2D eigenvalue weighted by molar-refractivity contribution is 6.08. The summed E-state index contributed by atoms with van der Waals surface area (Å²) in [5.74, 6) is 1.49. The molecule has 228 valence electrons. The third-order valence-electron chi connectivity index (χ3n) is 9.34. The fourth-order valence-electron chi connectivity index (χ4n) is 6.98. The fourth-order valence-corrected chi connectivity index (χ4v) is 6.98. The van der Waals surface area contributed by atoms with Gasteiger partial charge < -0.3 is 8.98 Å². The summed E-state index contributed by atoms with van der Waals surface area (Å²) >= 11 is 0. The Balaban J connectivity index is 1.33. The van der Waals surface area contributed by atoms with Gasteiger partial charge >= 0.3 is 0 Å². The van der Waals surface area contributed by atoms with Crippen molar-refractivity contribution in [2.45, 2.75) is 46.1 Å². The predicted octanol–water partition coefficient (Wildman–Crippen LogP) is 11.0. The third kappa shape index (κ3) is 4.85. The lowest BCUT2D eigenvalue weighted by molar-refractivity contribution is 0.653. The van der Waals surface area contributed by atoms with E-state index < -0.39 is 0 Å². The molecule has 0 fully saturated rings. The van der Waals surface area contributed by atoms with Crippen molar-refractivity contribution in [2.24, 2.45) is 0 Å². The Kier molecular flexibility index (Phi) is 6.88. The number of fused-ring (bicyclic) bond motifs is 5. The molecule has 0 radical (unpaired) electrons. The molecule has 0 N–H and O–H groups in total. The van der Waals surface area contributed by atoms with E-state index in [9.17, 15) is 5.26 Å². The number of aromatic nitrogens is 3. The molecule has 0 aliphatic carbocycles. The smallest absolute Gasteiger partial charge is 0.228 e. The standard InChI is InChI=1S/C42H34N4O/c1-25(2)35-21-30(29-17-16-27-10-5-6-11-28(27)20-29)22-36(26(3)4)37(35)24-46-39-15-8-7-14-38(39)45-41(46)34-13-9-12-32-33-19-18-31(23-43)44-42(33)47-40(32)34/h5-22,25-26H,24H2,1-4H3. The summed E-state index contributed by atoms with van der Waals surface area (Å²) in [7, 11) is 0. The molecule has 0 unspecified atom stereocenters. The Morgan fingerprint density at radius 3 is 2.21 bits per heavy atom. The number of benzene rings is 5. The van der Waals surface area contributed by atoms with Gasteiger partial charge in [-0.15, -0.1) is 0 Å². The topological polar surface area (TPSA) is 67.6 Å². The van der Waals surface area contributed by atoms with Gasteiger partial charge in [-0.2, -0.15) is 5.26 Å². The Morgan fingerprint density at radius 1 is 0.702 bits per heavy atom. The molecule has 0 amide bonds. The van der Waals surface area contributed by atoms with E-state index in [-0.39, 0.29) is 0 Å². The fraction of sp³-hybridized carbons (Fsp3) is 0.167. The van der Waals surface area contributed by atoms with Gasteiger partial charge in [-0.05, 0) is 86.8 Å². The summed E-state index contributed by atoms with van der Waals surface area (Å²) in [6.45, 7) is 9.83. The molecule has 8 aromatic rings. The first kappa shape index (κ1) is 28.7. The van der Waals surface area contributed by atoms with Gasteiger partial charge in [0.05, 0.1) is 23.1 Å². The summed E-state index contributed by atoms with van der Waals surface area (Å²) in [6, 6.07) is 40.4. The highest BCUT2D eigenvalue weighted by atomic mass is 16.3. The van der Waals surface area contributed by atoms with Gasteiger partial charge in [0.25, 0.3) is 0 Å². The maximum Gasteiger partial charge on any atom is 0.228 e. The molecule has 5 heteroatoms. The number of nitrogens with zero attached hydrogens (tertiary/aromatic N) is 4. The van der Waals surface area contributed by atoms with E-state index in [4.69, 9.17) is 9.40 Å². The maximum absolute atomic E-state index is 9.44. The van der Waals surface area contributed by atoms with Crippen LogP contribution in [0.15, 0.2) is 114 Å². The quantitative estimate of drug-likeness (QED) is 0.188. The summed E-state index contributed by atoms with van der Waals surface area (Å²) in [5, 5.41) is 13.8. The van der Waals surface area contributed by atoms with Gasteiger partial charge in [-0.3, -0.25) is 0 Å². The zero-order valence-corrected chi connectivity index (χ0v) is 27.0. The second-order valence-corrected chi connectivity index (χ2v) is 13.0. The van der Waals surface area contributed by atoms with Crippen LogP contribution < -0.4 is 0 Å². The normalized spacial score (nSPS) is 11.9. The van der Waals surface area contributed by atoms with E-state index in [2.05, 4.69) is 122 Å². The number of rotatable bonds is 6. The van der Waals surface area contributed by atoms with Crippen molar-refractivity contribution in [1.29, 1.82) is 5.26 Å². The van der Waals surface area contributed by atoms with Crippen molar-refractivity contribution >= 4 is 43.9 Å². The summed E-state index contributed by atoms with van der Waals surface area (Å²) in [5.41, 5.74) is 10.9. The molecule has 5 nitrogen and oxygen atoms in total. The van der Waals surface area contributed by atoms with Crippen molar-refractivity contribution < 1.29 is 4.42 Å². The summed E-state index contributed by atoms with van der Waals surface area (Å²) in [6.07, 6.45) is 0. The Hall–Kier alpha value is -5.73. The van der Waals surface area contributed by atoms with Crippen molar-refractivity contribution in [2.75, 3.05) is 0 Å². The molecule has 5 aromatic carbocycles. The molecule has 0 spiro atoms. The summed E-state index contributed by atoms with van der Waals surface area (Å²) < 4.78 is 8.73. The van der Waals surface area contributed by atoms with Crippen LogP contribution in [-0.2, 0) is 6.54 Å². The average Bonchev–Trinajstić information content (AvgIpc) is 3.65. The van der Waals surface area contributed by atoms with Gasteiger partial charge in [-0.25, -0.2) is 9.97 Å². The lowest BCUT2D eigenvalue weighted by Crippen LogP contribution is -2.11. The van der Waals surface area contributed by atoms with Crippen molar-refractivity contribution in [3.05, 3.63) is 132 Å². The number of hydrogen-bond acceptors (Lipinski definition) is 4. The Bertz CT molecular complexity index is 2500. The van der Waals surface area contributed by atoms with Crippen LogP contribution >= 0.6 is 0 Å². The minimum absolute atomic E-state index is 0.320.